The highest BCUT2D eigenvalue weighted by atomic mass is 19.4. The standard InChI is InChI=1S/C13H8F16O4/c14-7(15,16)1-30-5-6(31-2-8(17,18)19)12(32-3-9(20,21)22,33-4-10(23,24)25)13(28,29)11(5,26)27/h1-4H2. The lowest BCUT2D eigenvalue weighted by atomic mass is 10.1. The molecule has 0 aromatic carbocycles. The van der Waals surface area contributed by atoms with Crippen LogP contribution >= 0.6 is 0 Å². The van der Waals surface area contributed by atoms with Crippen molar-refractivity contribution < 1.29 is 89.2 Å². The highest BCUT2D eigenvalue weighted by molar-refractivity contribution is 5.35. The lowest BCUT2D eigenvalue weighted by molar-refractivity contribution is -0.389. The summed E-state index contributed by atoms with van der Waals surface area (Å²) < 4.78 is 220. The molecule has 0 radical (unpaired) electrons. The number of alkyl halides is 16. The number of allylic oxidation sites excluding steroid dienone is 1. The van der Waals surface area contributed by atoms with Gasteiger partial charge in [0.05, 0.1) is 0 Å². The largest absolute Gasteiger partial charge is 0.479 e. The van der Waals surface area contributed by atoms with E-state index < -0.39 is 80.3 Å². The van der Waals surface area contributed by atoms with E-state index in [-0.39, 0.29) is 0 Å². The van der Waals surface area contributed by atoms with Gasteiger partial charge in [-0.15, -0.1) is 0 Å². The number of rotatable bonds is 8. The fourth-order valence-electron chi connectivity index (χ4n) is 2.13. The molecule has 0 bridgehead atoms. The third-order valence-corrected chi connectivity index (χ3v) is 3.24. The average Bonchev–Trinajstić information content (AvgIpc) is 2.66. The number of hydrogen-bond acceptors (Lipinski definition) is 4. The Hall–Kier alpha value is -1.86. The van der Waals surface area contributed by atoms with Gasteiger partial charge in [-0.2, -0.15) is 70.2 Å². The van der Waals surface area contributed by atoms with Crippen LogP contribution in [-0.4, -0.2) is 68.8 Å². The molecule has 4 nitrogen and oxygen atoms in total. The van der Waals surface area contributed by atoms with Gasteiger partial charge in [-0.05, 0) is 0 Å². The van der Waals surface area contributed by atoms with Gasteiger partial charge in [0, 0.05) is 0 Å². The van der Waals surface area contributed by atoms with Gasteiger partial charge in [0.15, 0.2) is 13.2 Å². The summed E-state index contributed by atoms with van der Waals surface area (Å²) in [6.45, 7) is -12.2. The lowest BCUT2D eigenvalue weighted by Gasteiger charge is -2.37. The number of halogens is 16. The Bertz CT molecular complexity index is 696. The van der Waals surface area contributed by atoms with Crippen molar-refractivity contribution in [2.45, 2.75) is 42.3 Å². The van der Waals surface area contributed by atoms with Gasteiger partial charge in [-0.1, -0.05) is 0 Å². The van der Waals surface area contributed by atoms with Gasteiger partial charge in [0.1, 0.15) is 13.2 Å². The van der Waals surface area contributed by atoms with Crippen molar-refractivity contribution >= 4 is 0 Å². The zero-order valence-electron chi connectivity index (χ0n) is 15.0. The predicted octanol–water partition coefficient (Wildman–Crippen LogP) is 5.49. The summed E-state index contributed by atoms with van der Waals surface area (Å²) >= 11 is 0. The Morgan fingerprint density at radius 1 is 0.485 bits per heavy atom. The molecule has 33 heavy (non-hydrogen) atoms. The molecule has 196 valence electrons. The minimum Gasteiger partial charge on any atom is -0.479 e. The molecule has 0 fully saturated rings. The molecule has 20 heteroatoms. The SMILES string of the molecule is FC(F)(F)COC1=C(OCC(F)(F)F)C(OCC(F)(F)F)(OCC(F)(F)F)C(F)(F)C1(F)F. The summed E-state index contributed by atoms with van der Waals surface area (Å²) in [4.78, 5) is 0. The van der Waals surface area contributed by atoms with Crippen LogP contribution in [0.25, 0.3) is 0 Å². The first-order valence-corrected chi connectivity index (χ1v) is 7.66. The topological polar surface area (TPSA) is 36.9 Å². The molecule has 0 aromatic rings. The molecule has 0 atom stereocenters. The monoisotopic (exact) mass is 532 g/mol. The Morgan fingerprint density at radius 2 is 0.788 bits per heavy atom. The van der Waals surface area contributed by atoms with Crippen LogP contribution in [-0.2, 0) is 18.9 Å². The summed E-state index contributed by atoms with van der Waals surface area (Å²) in [6, 6.07) is 0. The minimum absolute atomic E-state index is 2.94. The first kappa shape index (κ1) is 29.2. The summed E-state index contributed by atoms with van der Waals surface area (Å²) in [6.07, 6.45) is -22.9. The van der Waals surface area contributed by atoms with Crippen LogP contribution in [0, 0.1) is 0 Å². The second kappa shape index (κ2) is 8.73. The average molecular weight is 532 g/mol. The molecule has 0 spiro atoms. The van der Waals surface area contributed by atoms with Gasteiger partial charge >= 0.3 is 42.3 Å². The second-order valence-corrected chi connectivity index (χ2v) is 6.04. The highest BCUT2D eigenvalue weighted by Crippen LogP contribution is 2.60. The second-order valence-electron chi connectivity index (χ2n) is 6.04. The van der Waals surface area contributed by atoms with E-state index in [4.69, 9.17) is 0 Å². The molecule has 0 saturated heterocycles. The Labute approximate surface area is 171 Å². The molecule has 0 aromatic heterocycles. The van der Waals surface area contributed by atoms with Gasteiger partial charge < -0.3 is 18.9 Å². The molecule has 0 N–H and O–H groups in total. The summed E-state index contributed by atoms with van der Waals surface area (Å²) in [5, 5.41) is 0. The van der Waals surface area contributed by atoms with Crippen molar-refractivity contribution in [1.82, 2.24) is 0 Å². The Kier molecular flexibility index (Phi) is 7.72. The fourth-order valence-corrected chi connectivity index (χ4v) is 2.13. The summed E-state index contributed by atoms with van der Waals surface area (Å²) in [5.74, 6) is -24.4. The number of ether oxygens (including phenoxy) is 4. The van der Waals surface area contributed by atoms with Crippen LogP contribution in [0.2, 0.25) is 0 Å². The van der Waals surface area contributed by atoms with E-state index in [1.54, 1.807) is 0 Å². The first-order chi connectivity index (χ1) is 14.3. The fraction of sp³-hybridized carbons (Fsp3) is 0.846. The van der Waals surface area contributed by atoms with Crippen molar-refractivity contribution in [2.75, 3.05) is 26.4 Å². The van der Waals surface area contributed by atoms with E-state index in [0.717, 1.165) is 0 Å². The molecule has 0 saturated carbocycles. The molecular formula is C13H8F16O4. The Morgan fingerprint density at radius 3 is 1.09 bits per heavy atom. The molecule has 1 aliphatic carbocycles. The lowest BCUT2D eigenvalue weighted by Crippen LogP contribution is -2.59. The maximum absolute atomic E-state index is 14.4. The highest BCUT2D eigenvalue weighted by Gasteiger charge is 2.83. The van der Waals surface area contributed by atoms with Gasteiger partial charge in [-0.3, -0.25) is 0 Å². The molecule has 0 amide bonds. The van der Waals surface area contributed by atoms with E-state index in [0.29, 0.717) is 0 Å². The van der Waals surface area contributed by atoms with Gasteiger partial charge in [-0.25, -0.2) is 0 Å². The van der Waals surface area contributed by atoms with Crippen LogP contribution in [0.3, 0.4) is 0 Å². The van der Waals surface area contributed by atoms with Crippen molar-refractivity contribution in [1.29, 1.82) is 0 Å². The smallest absolute Gasteiger partial charge is 0.422 e. The zero-order chi connectivity index (χ0) is 26.3. The molecule has 0 unspecified atom stereocenters. The third-order valence-electron chi connectivity index (χ3n) is 3.24. The quantitative estimate of drug-likeness (QED) is 0.306. The van der Waals surface area contributed by atoms with E-state index >= 15 is 0 Å². The van der Waals surface area contributed by atoms with Crippen LogP contribution in [0.5, 0.6) is 0 Å². The molecule has 0 aliphatic heterocycles. The third kappa shape index (κ3) is 7.06. The van der Waals surface area contributed by atoms with Gasteiger partial charge in [0.25, 0.3) is 0 Å². The molecule has 1 rings (SSSR count). The van der Waals surface area contributed by atoms with Crippen LogP contribution in [0.1, 0.15) is 0 Å². The maximum Gasteiger partial charge on any atom is 0.422 e. The molecule has 1 aliphatic rings. The Balaban J connectivity index is 3.76. The first-order valence-electron chi connectivity index (χ1n) is 7.66. The van der Waals surface area contributed by atoms with E-state index in [1.807, 2.05) is 0 Å². The number of hydrogen-bond donors (Lipinski definition) is 0. The minimum atomic E-state index is -6.50. The van der Waals surface area contributed by atoms with Crippen molar-refractivity contribution in [3.63, 3.8) is 0 Å². The normalized spacial score (nSPS) is 20.8. The summed E-state index contributed by atoms with van der Waals surface area (Å²) in [5.41, 5.74) is 0. The van der Waals surface area contributed by atoms with E-state index in [2.05, 4.69) is 18.9 Å². The van der Waals surface area contributed by atoms with E-state index in [1.165, 1.54) is 0 Å². The zero-order valence-corrected chi connectivity index (χ0v) is 15.0. The van der Waals surface area contributed by atoms with E-state index in [9.17, 15) is 70.2 Å². The molecular weight excluding hydrogens is 524 g/mol. The van der Waals surface area contributed by atoms with Crippen LogP contribution in [0.4, 0.5) is 70.2 Å². The van der Waals surface area contributed by atoms with Gasteiger partial charge in [0.2, 0.25) is 11.5 Å². The maximum atomic E-state index is 14.4. The predicted molar refractivity (Wildman–Crippen MR) is 67.7 cm³/mol. The van der Waals surface area contributed by atoms with Crippen molar-refractivity contribution in [3.8, 4) is 0 Å². The van der Waals surface area contributed by atoms with Crippen molar-refractivity contribution in [3.05, 3.63) is 11.5 Å². The van der Waals surface area contributed by atoms with Crippen molar-refractivity contribution in [2.24, 2.45) is 0 Å². The van der Waals surface area contributed by atoms with Crippen LogP contribution < -0.4 is 0 Å². The van der Waals surface area contributed by atoms with Crippen LogP contribution in [0.15, 0.2) is 11.5 Å². The summed E-state index contributed by atoms with van der Waals surface area (Å²) in [7, 11) is 0. The molecule has 0 heterocycles.